The number of carbonyl (C=O) groups is 2. The van der Waals surface area contributed by atoms with E-state index in [2.05, 4.69) is 10.5 Å². The molecule has 1 amide bonds. The molecular formula is C24H27FN6O5S. The van der Waals surface area contributed by atoms with E-state index in [1.807, 2.05) is 0 Å². The maximum absolute atomic E-state index is 13.9. The number of Topliss-reactive ketones (excluding diaryl/α,β-unsaturated/α-hetero) is 1. The molecule has 196 valence electrons. The molecule has 11 nitrogen and oxygen atoms in total. The van der Waals surface area contributed by atoms with Gasteiger partial charge < -0.3 is 15.0 Å². The minimum Gasteiger partial charge on any atom is -0.496 e. The number of fused-ring (bicyclic) bond motifs is 1. The number of halogens is 1. The van der Waals surface area contributed by atoms with Crippen LogP contribution in [-0.2, 0) is 11.3 Å². The summed E-state index contributed by atoms with van der Waals surface area (Å²) in [5.41, 5.74) is 1.99. The van der Waals surface area contributed by atoms with Crippen molar-refractivity contribution >= 4 is 51.2 Å². The number of aromatic nitrogens is 2. The largest absolute Gasteiger partial charge is 0.496 e. The lowest BCUT2D eigenvalue weighted by Crippen LogP contribution is -2.43. The second-order valence-electron chi connectivity index (χ2n) is 8.33. The third-order valence-electron chi connectivity index (χ3n) is 5.84. The normalized spacial score (nSPS) is 12.0. The number of ether oxygens (including phenoxy) is 1. The van der Waals surface area contributed by atoms with Crippen LogP contribution in [0.3, 0.4) is 0 Å². The van der Waals surface area contributed by atoms with Gasteiger partial charge in [-0.1, -0.05) is 11.3 Å². The number of aryl methyl sites for hydroxylation is 1. The van der Waals surface area contributed by atoms with Gasteiger partial charge in [-0.3, -0.25) is 28.9 Å². The molecule has 0 fully saturated rings. The summed E-state index contributed by atoms with van der Waals surface area (Å²) in [4.78, 5) is 53.1. The van der Waals surface area contributed by atoms with Crippen LogP contribution in [0.1, 0.15) is 35.3 Å². The average Bonchev–Trinajstić information content (AvgIpc) is 3.21. The molecule has 3 rings (SSSR count). The Balaban J connectivity index is 2.22. The number of ketones is 1. The van der Waals surface area contributed by atoms with Crippen molar-refractivity contribution in [1.29, 1.82) is 5.41 Å². The predicted molar refractivity (Wildman–Crippen MR) is 141 cm³/mol. The smallest absolute Gasteiger partial charge is 0.332 e. The van der Waals surface area contributed by atoms with Crippen LogP contribution < -0.4 is 21.4 Å². The number of thiophene rings is 1. The van der Waals surface area contributed by atoms with Gasteiger partial charge in [0.05, 0.1) is 30.8 Å². The Kier molecular flexibility index (Phi) is 8.71. The molecule has 2 N–H and O–H groups in total. The van der Waals surface area contributed by atoms with E-state index in [-0.39, 0.29) is 21.5 Å². The molecule has 0 spiro atoms. The summed E-state index contributed by atoms with van der Waals surface area (Å²) < 4.78 is 21.4. The molecule has 0 aliphatic rings. The van der Waals surface area contributed by atoms with Gasteiger partial charge in [-0.05, 0) is 38.5 Å². The first-order chi connectivity index (χ1) is 17.6. The number of carbonyl (C=O) groups excluding carboxylic acids is 2. The summed E-state index contributed by atoms with van der Waals surface area (Å²) in [6, 6.07) is 2.93. The van der Waals surface area contributed by atoms with Crippen molar-refractivity contribution in [1.82, 2.24) is 14.0 Å². The Bertz CT molecular complexity index is 1490. The van der Waals surface area contributed by atoms with E-state index < -0.39 is 35.4 Å². The molecule has 2 aromatic heterocycles. The van der Waals surface area contributed by atoms with Crippen LogP contribution >= 0.6 is 11.3 Å². The lowest BCUT2D eigenvalue weighted by Gasteiger charge is -2.19. The van der Waals surface area contributed by atoms with Crippen LogP contribution in [0.5, 0.6) is 5.75 Å². The fourth-order valence-corrected chi connectivity index (χ4v) is 4.97. The lowest BCUT2D eigenvalue weighted by atomic mass is 10.1. The van der Waals surface area contributed by atoms with Gasteiger partial charge in [0.15, 0.2) is 5.78 Å². The van der Waals surface area contributed by atoms with E-state index in [9.17, 15) is 23.6 Å². The van der Waals surface area contributed by atoms with Crippen LogP contribution in [0.2, 0.25) is 0 Å². The van der Waals surface area contributed by atoms with Gasteiger partial charge in [-0.25, -0.2) is 9.18 Å². The Morgan fingerprint density at radius 3 is 2.76 bits per heavy atom. The molecule has 13 heteroatoms. The highest BCUT2D eigenvalue weighted by Gasteiger charge is 2.25. The number of hydrogen-bond acceptors (Lipinski definition) is 9. The molecule has 2 heterocycles. The standard InChI is InChI=1S/C24H27FN6O5S/c1-14(7-10-29(3)13-32)31-22(34)20-15(2)21(28-27-9-8-26)37-23(20)30(24(31)35)12-18(33)17-11-16(25)5-6-19(17)36-4/h5-6,8-9,11,13-14,26,28H,7,10,12H2,1-4H3/b26-8?,27-9-. The maximum atomic E-state index is 13.9. The summed E-state index contributed by atoms with van der Waals surface area (Å²) in [6.07, 6.45) is 3.15. The molecule has 3 aromatic rings. The molecule has 1 unspecified atom stereocenters. The van der Waals surface area contributed by atoms with Gasteiger partial charge in [0.1, 0.15) is 21.4 Å². The average molecular weight is 531 g/mol. The van der Waals surface area contributed by atoms with Gasteiger partial charge in [0.2, 0.25) is 6.41 Å². The van der Waals surface area contributed by atoms with E-state index in [4.69, 9.17) is 10.1 Å². The highest BCUT2D eigenvalue weighted by atomic mass is 32.1. The quantitative estimate of drug-likeness (QED) is 0.160. The first-order valence-corrected chi connectivity index (χ1v) is 12.0. The number of amides is 1. The maximum Gasteiger partial charge on any atom is 0.332 e. The lowest BCUT2D eigenvalue weighted by molar-refractivity contribution is -0.117. The Morgan fingerprint density at radius 2 is 2.11 bits per heavy atom. The van der Waals surface area contributed by atoms with Crippen LogP contribution in [0.25, 0.3) is 10.2 Å². The van der Waals surface area contributed by atoms with E-state index in [1.165, 1.54) is 28.9 Å². The van der Waals surface area contributed by atoms with Crippen molar-refractivity contribution in [2.75, 3.05) is 26.1 Å². The van der Waals surface area contributed by atoms with Crippen molar-refractivity contribution in [3.05, 3.63) is 56.0 Å². The summed E-state index contributed by atoms with van der Waals surface area (Å²) in [5, 5.41) is 11.7. The zero-order valence-corrected chi connectivity index (χ0v) is 21.6. The molecule has 0 bridgehead atoms. The highest BCUT2D eigenvalue weighted by Crippen LogP contribution is 2.33. The second kappa shape index (κ2) is 11.7. The minimum absolute atomic E-state index is 0.0387. The Morgan fingerprint density at radius 1 is 1.38 bits per heavy atom. The van der Waals surface area contributed by atoms with Gasteiger partial charge in [0, 0.05) is 31.4 Å². The molecule has 1 atom stereocenters. The van der Waals surface area contributed by atoms with Crippen LogP contribution in [-0.4, -0.2) is 59.4 Å². The molecular weight excluding hydrogens is 503 g/mol. The molecule has 0 aliphatic heterocycles. The number of benzene rings is 1. The zero-order chi connectivity index (χ0) is 27.3. The number of anilines is 1. The molecule has 1 aromatic carbocycles. The van der Waals surface area contributed by atoms with E-state index in [0.717, 1.165) is 34.3 Å². The van der Waals surface area contributed by atoms with Crippen LogP contribution in [0.15, 0.2) is 32.9 Å². The fourth-order valence-electron chi connectivity index (χ4n) is 3.83. The second-order valence-corrected chi connectivity index (χ2v) is 9.33. The number of hydrogen-bond donors (Lipinski definition) is 2. The summed E-state index contributed by atoms with van der Waals surface area (Å²) in [5.74, 6) is -1.07. The number of nitrogens with zero attached hydrogens (tertiary/aromatic N) is 4. The van der Waals surface area contributed by atoms with E-state index in [1.54, 1.807) is 20.9 Å². The van der Waals surface area contributed by atoms with E-state index >= 15 is 0 Å². The third-order valence-corrected chi connectivity index (χ3v) is 7.06. The van der Waals surface area contributed by atoms with Crippen molar-refractivity contribution in [2.45, 2.75) is 32.9 Å². The SMILES string of the molecule is COc1ccc(F)cc1C(=O)Cn1c(=O)n(C(C)CCN(C)C=O)c(=O)c2c(C)c(N/N=C\C=N)sc21. The molecule has 0 saturated heterocycles. The number of hydrazone groups is 1. The van der Waals surface area contributed by atoms with Crippen LogP contribution in [0.4, 0.5) is 9.39 Å². The van der Waals surface area contributed by atoms with Gasteiger partial charge in [0.25, 0.3) is 5.56 Å². The minimum atomic E-state index is -0.710. The predicted octanol–water partition coefficient (Wildman–Crippen LogP) is 2.65. The van der Waals surface area contributed by atoms with Crippen molar-refractivity contribution in [3.8, 4) is 5.75 Å². The Labute approximate surface area is 215 Å². The van der Waals surface area contributed by atoms with Crippen LogP contribution in [0, 0.1) is 18.2 Å². The van der Waals surface area contributed by atoms with Gasteiger partial charge in [-0.2, -0.15) is 5.10 Å². The molecule has 37 heavy (non-hydrogen) atoms. The van der Waals surface area contributed by atoms with Crippen molar-refractivity contribution < 1.29 is 18.7 Å². The fraction of sp³-hybridized carbons (Fsp3) is 0.333. The first kappa shape index (κ1) is 27.5. The summed E-state index contributed by atoms with van der Waals surface area (Å²) in [7, 11) is 2.94. The molecule has 0 saturated carbocycles. The van der Waals surface area contributed by atoms with Crippen molar-refractivity contribution in [2.24, 2.45) is 5.10 Å². The monoisotopic (exact) mass is 530 g/mol. The summed E-state index contributed by atoms with van der Waals surface area (Å²) in [6.45, 7) is 3.20. The highest BCUT2D eigenvalue weighted by molar-refractivity contribution is 7.22. The molecule has 0 aliphatic carbocycles. The topological polar surface area (TPSA) is 139 Å². The van der Waals surface area contributed by atoms with Gasteiger partial charge in [-0.15, -0.1) is 0 Å². The van der Waals surface area contributed by atoms with E-state index in [0.29, 0.717) is 29.9 Å². The zero-order valence-electron chi connectivity index (χ0n) is 20.8. The Hall–Kier alpha value is -4.13. The number of rotatable bonds is 12. The number of nitrogens with one attached hydrogen (secondary N) is 2. The first-order valence-electron chi connectivity index (χ1n) is 11.2. The third kappa shape index (κ3) is 5.66. The van der Waals surface area contributed by atoms with Crippen molar-refractivity contribution in [3.63, 3.8) is 0 Å². The van der Waals surface area contributed by atoms with Gasteiger partial charge >= 0.3 is 5.69 Å². The number of methoxy groups -OCH3 is 1. The summed E-state index contributed by atoms with van der Waals surface area (Å²) >= 11 is 1.06. The molecule has 0 radical (unpaired) electrons.